The number of rotatable bonds is 59. The molecule has 0 saturated heterocycles. The Balaban J connectivity index is 5.20. The first-order valence-corrected chi connectivity index (χ1v) is 33.8. The van der Waals surface area contributed by atoms with E-state index in [2.05, 4.69) is 27.7 Å². The van der Waals surface area contributed by atoms with Crippen molar-refractivity contribution in [1.82, 2.24) is 0 Å². The van der Waals surface area contributed by atoms with Crippen molar-refractivity contribution in [3.63, 3.8) is 0 Å². The van der Waals surface area contributed by atoms with Gasteiger partial charge < -0.3 is 33.8 Å². The smallest absolute Gasteiger partial charge is 0.462 e. The molecule has 0 aliphatic heterocycles. The van der Waals surface area contributed by atoms with Crippen molar-refractivity contribution in [2.24, 2.45) is 0 Å². The summed E-state index contributed by atoms with van der Waals surface area (Å²) in [6, 6.07) is 0. The maximum Gasteiger partial charge on any atom is 0.472 e. The molecule has 5 atom stereocenters. The molecule has 17 nitrogen and oxygen atoms in total. The molecular weight excluding hydrogens is 1030 g/mol. The lowest BCUT2D eigenvalue weighted by atomic mass is 10.1. The van der Waals surface area contributed by atoms with Gasteiger partial charge in [-0.05, 0) is 25.7 Å². The molecular formula is C58H112O17P2. The van der Waals surface area contributed by atoms with Gasteiger partial charge >= 0.3 is 39.5 Å². The molecule has 0 saturated carbocycles. The molecule has 0 aromatic carbocycles. The molecule has 0 fully saturated rings. The Morgan fingerprint density at radius 2 is 0.519 bits per heavy atom. The second-order valence-electron chi connectivity index (χ2n) is 21.0. The van der Waals surface area contributed by atoms with Crippen LogP contribution in [0, 0.1) is 0 Å². The molecule has 456 valence electrons. The summed E-state index contributed by atoms with van der Waals surface area (Å²) in [5.74, 6) is -2.15. The lowest BCUT2D eigenvalue weighted by molar-refractivity contribution is -0.161. The minimum Gasteiger partial charge on any atom is -0.462 e. The highest BCUT2D eigenvalue weighted by atomic mass is 31.2. The van der Waals surface area contributed by atoms with Crippen molar-refractivity contribution in [2.45, 2.75) is 309 Å². The van der Waals surface area contributed by atoms with E-state index < -0.39 is 97.5 Å². The molecule has 19 heteroatoms. The van der Waals surface area contributed by atoms with Crippen LogP contribution in [0.25, 0.3) is 0 Å². The van der Waals surface area contributed by atoms with Crippen molar-refractivity contribution in [1.29, 1.82) is 0 Å². The van der Waals surface area contributed by atoms with Gasteiger partial charge in [-0.25, -0.2) is 9.13 Å². The molecule has 2 unspecified atom stereocenters. The van der Waals surface area contributed by atoms with E-state index in [0.717, 1.165) is 109 Å². The molecule has 0 radical (unpaired) electrons. The largest absolute Gasteiger partial charge is 0.472 e. The maximum atomic E-state index is 12.9. The van der Waals surface area contributed by atoms with Crippen LogP contribution in [-0.4, -0.2) is 96.7 Å². The monoisotopic (exact) mass is 1140 g/mol. The van der Waals surface area contributed by atoms with Gasteiger partial charge in [0.05, 0.1) is 26.4 Å². The maximum absolute atomic E-state index is 12.9. The van der Waals surface area contributed by atoms with Crippen molar-refractivity contribution < 1.29 is 80.2 Å². The fourth-order valence-corrected chi connectivity index (χ4v) is 10.2. The zero-order valence-electron chi connectivity index (χ0n) is 48.9. The second kappa shape index (κ2) is 53.4. The van der Waals surface area contributed by atoms with Gasteiger partial charge in [0.1, 0.15) is 19.3 Å². The summed E-state index contributed by atoms with van der Waals surface area (Å²) >= 11 is 0. The van der Waals surface area contributed by atoms with Gasteiger partial charge in [-0.15, -0.1) is 0 Å². The fraction of sp³-hybridized carbons (Fsp3) is 0.931. The summed E-state index contributed by atoms with van der Waals surface area (Å²) in [4.78, 5) is 71.7. The lowest BCUT2D eigenvalue weighted by Gasteiger charge is -2.21. The molecule has 0 aromatic heterocycles. The van der Waals surface area contributed by atoms with Gasteiger partial charge in [-0.1, -0.05) is 240 Å². The van der Waals surface area contributed by atoms with Crippen molar-refractivity contribution in [2.75, 3.05) is 39.6 Å². The van der Waals surface area contributed by atoms with Crippen LogP contribution < -0.4 is 0 Å². The number of hydrogen-bond acceptors (Lipinski definition) is 15. The van der Waals surface area contributed by atoms with Gasteiger partial charge in [0.2, 0.25) is 0 Å². The zero-order chi connectivity index (χ0) is 56.9. The Kier molecular flexibility index (Phi) is 52.0. The van der Waals surface area contributed by atoms with Crippen molar-refractivity contribution >= 4 is 39.5 Å². The van der Waals surface area contributed by atoms with Gasteiger partial charge in [-0.3, -0.25) is 37.3 Å². The summed E-state index contributed by atoms with van der Waals surface area (Å²) in [5.41, 5.74) is 0. The third-order valence-electron chi connectivity index (χ3n) is 13.4. The fourth-order valence-electron chi connectivity index (χ4n) is 8.57. The van der Waals surface area contributed by atoms with Crippen molar-refractivity contribution in [3.8, 4) is 0 Å². The number of aliphatic hydroxyl groups excluding tert-OH is 1. The number of esters is 4. The summed E-state index contributed by atoms with van der Waals surface area (Å²) in [6.45, 7) is 4.78. The van der Waals surface area contributed by atoms with Crippen LogP contribution in [0.2, 0.25) is 0 Å². The predicted octanol–water partition coefficient (Wildman–Crippen LogP) is 15.6. The number of phosphoric acid groups is 2. The second-order valence-corrected chi connectivity index (χ2v) is 23.9. The molecule has 3 N–H and O–H groups in total. The molecule has 0 aliphatic rings. The van der Waals surface area contributed by atoms with Crippen LogP contribution in [-0.2, 0) is 65.4 Å². The number of phosphoric ester groups is 2. The Labute approximate surface area is 467 Å². The zero-order valence-corrected chi connectivity index (χ0v) is 50.7. The highest BCUT2D eigenvalue weighted by Gasteiger charge is 2.30. The molecule has 0 bridgehead atoms. The number of carbonyl (C=O) groups excluding carboxylic acids is 4. The third kappa shape index (κ3) is 53.2. The Morgan fingerprint density at radius 1 is 0.312 bits per heavy atom. The van der Waals surface area contributed by atoms with E-state index in [-0.39, 0.29) is 25.7 Å². The third-order valence-corrected chi connectivity index (χ3v) is 15.3. The van der Waals surface area contributed by atoms with Gasteiger partial charge in [0.25, 0.3) is 0 Å². The standard InChI is InChI=1S/C58H112O17P2/c1-5-9-13-17-21-24-26-28-32-35-39-43-56(61)69-49-54(75-58(63)45-41-37-33-29-27-25-22-18-14-10-6-2)51-73-77(66,67)71-47-52(59)46-70-76(64,65)72-50-53(48-68-55(60)42-38-34-30-20-16-12-8-4)74-57(62)44-40-36-31-23-19-15-11-7-3/h52-54,59H,5-51H2,1-4H3,(H,64,65)(H,66,67)/t52-,53+,54+/m0/s1. The minimum atomic E-state index is -4.93. The van der Waals surface area contributed by atoms with E-state index in [1.54, 1.807) is 0 Å². The quantitative estimate of drug-likeness (QED) is 0.0222. The number of carbonyl (C=O) groups is 4. The van der Waals surface area contributed by atoms with E-state index in [1.165, 1.54) is 103 Å². The topological polar surface area (TPSA) is 237 Å². The van der Waals surface area contributed by atoms with Crippen LogP contribution in [0.15, 0.2) is 0 Å². The Morgan fingerprint density at radius 3 is 0.766 bits per heavy atom. The number of hydrogen-bond donors (Lipinski definition) is 3. The highest BCUT2D eigenvalue weighted by Crippen LogP contribution is 2.45. The predicted molar refractivity (Wildman–Crippen MR) is 303 cm³/mol. The number of unbranched alkanes of at least 4 members (excludes halogenated alkanes) is 33. The summed E-state index contributed by atoms with van der Waals surface area (Å²) in [7, 11) is -9.86. The van der Waals surface area contributed by atoms with E-state index in [4.69, 9.17) is 37.0 Å². The first-order valence-electron chi connectivity index (χ1n) is 30.8. The van der Waals surface area contributed by atoms with E-state index in [1.807, 2.05) is 0 Å². The number of aliphatic hydroxyl groups is 1. The van der Waals surface area contributed by atoms with Gasteiger partial charge in [0.15, 0.2) is 12.2 Å². The van der Waals surface area contributed by atoms with Crippen LogP contribution in [0.1, 0.15) is 291 Å². The van der Waals surface area contributed by atoms with E-state index >= 15 is 0 Å². The molecule has 77 heavy (non-hydrogen) atoms. The molecule has 0 spiro atoms. The number of ether oxygens (including phenoxy) is 4. The average Bonchev–Trinajstić information content (AvgIpc) is 3.40. The summed E-state index contributed by atoms with van der Waals surface area (Å²) in [6.07, 6.45) is 36.3. The molecule has 0 rings (SSSR count). The molecule has 0 heterocycles. The summed E-state index contributed by atoms with van der Waals surface area (Å²) in [5, 5.41) is 10.5. The van der Waals surface area contributed by atoms with E-state index in [9.17, 15) is 43.2 Å². The first kappa shape index (κ1) is 75.1. The van der Waals surface area contributed by atoms with Crippen LogP contribution in [0.5, 0.6) is 0 Å². The summed E-state index contributed by atoms with van der Waals surface area (Å²) < 4.78 is 67.6. The SMILES string of the molecule is CCCCCCCCCCCCCC(=O)OC[C@H](COP(=O)(O)OC[C@@H](O)COP(=O)(O)OC[C@@H](COC(=O)CCCCCCCCC)OC(=O)CCCCCCCCCC)OC(=O)CCCCCCCCCCCCC. The van der Waals surface area contributed by atoms with Crippen LogP contribution in [0.4, 0.5) is 0 Å². The Bertz CT molecular complexity index is 1500. The molecule has 0 aromatic rings. The lowest BCUT2D eigenvalue weighted by Crippen LogP contribution is -2.30. The van der Waals surface area contributed by atoms with Gasteiger partial charge in [0, 0.05) is 25.7 Å². The Hall–Kier alpha value is -1.94. The minimum absolute atomic E-state index is 0.105. The van der Waals surface area contributed by atoms with Crippen LogP contribution in [0.3, 0.4) is 0 Å². The van der Waals surface area contributed by atoms with Gasteiger partial charge in [-0.2, -0.15) is 0 Å². The van der Waals surface area contributed by atoms with Crippen LogP contribution >= 0.6 is 15.6 Å². The highest BCUT2D eigenvalue weighted by molar-refractivity contribution is 7.47. The first-order chi connectivity index (χ1) is 37.2. The van der Waals surface area contributed by atoms with Crippen molar-refractivity contribution in [3.05, 3.63) is 0 Å². The normalized spacial score (nSPS) is 14.3. The van der Waals surface area contributed by atoms with E-state index in [0.29, 0.717) is 25.7 Å². The molecule has 0 amide bonds. The average molecular weight is 1140 g/mol. The molecule has 0 aliphatic carbocycles.